The third-order valence-corrected chi connectivity index (χ3v) is 7.00. The maximum Gasteiger partial charge on any atom is 0.301 e. The Bertz CT molecular complexity index is 1530. The van der Waals surface area contributed by atoms with E-state index in [4.69, 9.17) is 14.2 Å². The Morgan fingerprint density at radius 1 is 0.889 bits per heavy atom. The Hall–Kier alpha value is -4.37. The van der Waals surface area contributed by atoms with Crippen LogP contribution in [0.2, 0.25) is 0 Å². The summed E-state index contributed by atoms with van der Waals surface area (Å²) in [5, 5.41) is 11.7. The van der Waals surface area contributed by atoms with Crippen molar-refractivity contribution >= 4 is 44.1 Å². The zero-order chi connectivity index (χ0) is 25.4. The molecule has 1 atom stereocenters. The van der Waals surface area contributed by atoms with Crippen molar-refractivity contribution in [2.45, 2.75) is 6.04 Å². The van der Waals surface area contributed by atoms with Gasteiger partial charge in [0.25, 0.3) is 5.78 Å². The summed E-state index contributed by atoms with van der Waals surface area (Å²) in [5.74, 6) is -0.175. The van der Waals surface area contributed by atoms with Crippen molar-refractivity contribution in [2.75, 3.05) is 26.2 Å². The van der Waals surface area contributed by atoms with E-state index in [1.807, 2.05) is 6.07 Å². The quantitative estimate of drug-likeness (QED) is 0.226. The van der Waals surface area contributed by atoms with E-state index in [0.717, 1.165) is 4.70 Å². The summed E-state index contributed by atoms with van der Waals surface area (Å²) in [5.41, 5.74) is 1.57. The van der Waals surface area contributed by atoms with E-state index < -0.39 is 17.7 Å². The normalized spacial score (nSPS) is 17.0. The number of aliphatic hydroxyl groups excluding tert-OH is 1. The first-order valence-corrected chi connectivity index (χ1v) is 11.8. The molecule has 1 saturated heterocycles. The minimum absolute atomic E-state index is 0.0432. The van der Waals surface area contributed by atoms with Gasteiger partial charge in [0, 0.05) is 5.56 Å². The van der Waals surface area contributed by atoms with E-state index in [-0.39, 0.29) is 11.3 Å². The van der Waals surface area contributed by atoms with Gasteiger partial charge in [-0.25, -0.2) is 4.98 Å². The zero-order valence-corrected chi connectivity index (χ0v) is 20.5. The van der Waals surface area contributed by atoms with E-state index >= 15 is 0 Å². The summed E-state index contributed by atoms with van der Waals surface area (Å²) in [4.78, 5) is 32.8. The number of rotatable bonds is 6. The molecule has 5 rings (SSSR count). The van der Waals surface area contributed by atoms with Gasteiger partial charge in [-0.1, -0.05) is 35.6 Å². The maximum atomic E-state index is 13.4. The number of amides is 1. The lowest BCUT2D eigenvalue weighted by Gasteiger charge is -2.23. The third-order valence-electron chi connectivity index (χ3n) is 5.99. The van der Waals surface area contributed by atoms with Crippen LogP contribution in [-0.4, -0.2) is 43.1 Å². The van der Waals surface area contributed by atoms with Gasteiger partial charge in [-0.05, 0) is 48.0 Å². The smallest absolute Gasteiger partial charge is 0.301 e. The van der Waals surface area contributed by atoms with Gasteiger partial charge in [0.1, 0.15) is 23.0 Å². The van der Waals surface area contributed by atoms with Crippen molar-refractivity contribution in [1.29, 1.82) is 0 Å². The van der Waals surface area contributed by atoms with Crippen molar-refractivity contribution in [2.24, 2.45) is 0 Å². The second kappa shape index (κ2) is 9.35. The molecule has 36 heavy (non-hydrogen) atoms. The van der Waals surface area contributed by atoms with E-state index in [1.165, 1.54) is 30.5 Å². The second-order valence-corrected chi connectivity index (χ2v) is 9.02. The van der Waals surface area contributed by atoms with Crippen LogP contribution >= 0.6 is 11.3 Å². The first-order chi connectivity index (χ1) is 17.4. The number of thiazole rings is 1. The lowest BCUT2D eigenvalue weighted by atomic mass is 9.95. The molecule has 1 N–H and O–H groups in total. The van der Waals surface area contributed by atoms with Crippen molar-refractivity contribution in [3.05, 3.63) is 83.4 Å². The SMILES string of the molecule is COc1cccc(C(O)=C2C(=O)C(=O)N(c3nc4ccc(OC)cc4s3)C2c2cccc(OC)c2)c1. The van der Waals surface area contributed by atoms with Gasteiger partial charge in [0.15, 0.2) is 5.13 Å². The lowest BCUT2D eigenvalue weighted by molar-refractivity contribution is -0.132. The average molecular weight is 503 g/mol. The Morgan fingerprint density at radius 2 is 1.56 bits per heavy atom. The summed E-state index contributed by atoms with van der Waals surface area (Å²) in [6.07, 6.45) is 0. The number of benzene rings is 3. The molecule has 0 aliphatic carbocycles. The first kappa shape index (κ1) is 23.4. The number of carbonyl (C=O) groups is 2. The Balaban J connectivity index is 1.73. The summed E-state index contributed by atoms with van der Waals surface area (Å²) in [7, 11) is 4.62. The van der Waals surface area contributed by atoms with Crippen LogP contribution in [0.1, 0.15) is 17.2 Å². The monoisotopic (exact) mass is 502 g/mol. The molecule has 3 aromatic carbocycles. The molecule has 1 amide bonds. The molecule has 1 aliphatic rings. The molecule has 0 saturated carbocycles. The number of ether oxygens (including phenoxy) is 3. The van der Waals surface area contributed by atoms with E-state index in [0.29, 0.717) is 39.0 Å². The standard InChI is InChI=1S/C27H22N2O6S/c1-33-17-8-4-6-15(12-17)23-22(24(30)16-7-5-9-18(13-16)34-2)25(31)26(32)29(23)27-28-20-11-10-19(35-3)14-21(20)36-27/h4-14,23,30H,1-3H3. The Morgan fingerprint density at radius 3 is 2.28 bits per heavy atom. The highest BCUT2D eigenvalue weighted by Gasteiger charge is 2.48. The van der Waals surface area contributed by atoms with Crippen LogP contribution in [0.25, 0.3) is 16.0 Å². The molecular weight excluding hydrogens is 480 g/mol. The summed E-state index contributed by atoms with van der Waals surface area (Å²) < 4.78 is 16.8. The summed E-state index contributed by atoms with van der Waals surface area (Å²) in [6.45, 7) is 0. The summed E-state index contributed by atoms with van der Waals surface area (Å²) >= 11 is 1.26. The topological polar surface area (TPSA) is 98.2 Å². The van der Waals surface area contributed by atoms with Crippen LogP contribution in [0, 0.1) is 0 Å². The predicted molar refractivity (Wildman–Crippen MR) is 137 cm³/mol. The number of fused-ring (bicyclic) bond motifs is 1. The fraction of sp³-hybridized carbons (Fsp3) is 0.148. The van der Waals surface area contributed by atoms with Crippen molar-refractivity contribution in [1.82, 2.24) is 4.98 Å². The number of methoxy groups -OCH3 is 3. The highest BCUT2D eigenvalue weighted by Crippen LogP contribution is 2.45. The van der Waals surface area contributed by atoms with Gasteiger partial charge in [0.05, 0.1) is 43.2 Å². The van der Waals surface area contributed by atoms with E-state index in [1.54, 1.807) is 67.8 Å². The Kier molecular flexibility index (Phi) is 6.07. The maximum absolute atomic E-state index is 13.4. The number of hydrogen-bond donors (Lipinski definition) is 1. The van der Waals surface area contributed by atoms with Gasteiger partial charge in [0.2, 0.25) is 0 Å². The molecule has 4 aromatic rings. The molecular formula is C27H22N2O6S. The largest absolute Gasteiger partial charge is 0.507 e. The van der Waals surface area contributed by atoms with Crippen LogP contribution < -0.4 is 19.1 Å². The molecule has 0 spiro atoms. The molecule has 8 nitrogen and oxygen atoms in total. The van der Waals surface area contributed by atoms with Crippen molar-refractivity contribution in [3.8, 4) is 17.2 Å². The van der Waals surface area contributed by atoms with Gasteiger partial charge in [-0.2, -0.15) is 0 Å². The van der Waals surface area contributed by atoms with E-state index in [9.17, 15) is 14.7 Å². The molecule has 0 bridgehead atoms. The highest BCUT2D eigenvalue weighted by atomic mass is 32.1. The molecule has 2 heterocycles. The number of anilines is 1. The number of nitrogens with zero attached hydrogens (tertiary/aromatic N) is 2. The third kappa shape index (κ3) is 3.93. The van der Waals surface area contributed by atoms with Gasteiger partial charge >= 0.3 is 5.91 Å². The molecule has 0 radical (unpaired) electrons. The van der Waals surface area contributed by atoms with Gasteiger partial charge < -0.3 is 19.3 Å². The van der Waals surface area contributed by atoms with Crippen molar-refractivity contribution in [3.63, 3.8) is 0 Å². The molecule has 1 fully saturated rings. The fourth-order valence-corrected chi connectivity index (χ4v) is 5.23. The molecule has 1 aromatic heterocycles. The minimum Gasteiger partial charge on any atom is -0.507 e. The molecule has 1 unspecified atom stereocenters. The van der Waals surface area contributed by atoms with Crippen molar-refractivity contribution < 1.29 is 28.9 Å². The van der Waals surface area contributed by atoms with Gasteiger partial charge in [-0.15, -0.1) is 0 Å². The number of ketones is 1. The highest BCUT2D eigenvalue weighted by molar-refractivity contribution is 7.22. The van der Waals surface area contributed by atoms with Crippen LogP contribution in [-0.2, 0) is 9.59 Å². The number of aromatic nitrogens is 1. The predicted octanol–water partition coefficient (Wildman–Crippen LogP) is 4.95. The Labute approximate surface area is 211 Å². The second-order valence-electron chi connectivity index (χ2n) is 8.01. The van der Waals surface area contributed by atoms with Crippen LogP contribution in [0.3, 0.4) is 0 Å². The number of aliphatic hydroxyl groups is 1. The molecule has 182 valence electrons. The molecule has 9 heteroatoms. The first-order valence-electron chi connectivity index (χ1n) is 11.0. The number of carbonyl (C=O) groups excluding carboxylic acids is 2. The summed E-state index contributed by atoms with van der Waals surface area (Å²) in [6, 6.07) is 18.2. The minimum atomic E-state index is -0.922. The lowest BCUT2D eigenvalue weighted by Crippen LogP contribution is -2.29. The van der Waals surface area contributed by atoms with Crippen LogP contribution in [0.5, 0.6) is 17.2 Å². The van der Waals surface area contributed by atoms with E-state index in [2.05, 4.69) is 4.98 Å². The van der Waals surface area contributed by atoms with Crippen LogP contribution in [0.4, 0.5) is 5.13 Å². The molecule has 1 aliphatic heterocycles. The fourth-order valence-electron chi connectivity index (χ4n) is 4.21. The zero-order valence-electron chi connectivity index (χ0n) is 19.7. The number of Topliss-reactive ketones (excluding diaryl/α,β-unsaturated/α-hetero) is 1. The number of hydrogen-bond acceptors (Lipinski definition) is 8. The van der Waals surface area contributed by atoms with Gasteiger partial charge in [-0.3, -0.25) is 14.5 Å². The van der Waals surface area contributed by atoms with Crippen LogP contribution in [0.15, 0.2) is 72.3 Å². The average Bonchev–Trinajstić information content (AvgIpc) is 3.45.